The molecule has 152 valence electrons. The molecule has 29 heavy (non-hydrogen) atoms. The maximum Gasteiger partial charge on any atom is 0.234 e. The molecule has 0 fully saturated rings. The molecule has 0 aliphatic rings. The molecular formula is C22H24N2O3S2. The van der Waals surface area contributed by atoms with E-state index in [4.69, 9.17) is 9.47 Å². The van der Waals surface area contributed by atoms with Gasteiger partial charge < -0.3 is 14.8 Å². The van der Waals surface area contributed by atoms with E-state index in [1.165, 1.54) is 0 Å². The maximum absolute atomic E-state index is 12.3. The number of nitrogens with one attached hydrogen (secondary N) is 1. The van der Waals surface area contributed by atoms with E-state index in [2.05, 4.69) is 10.3 Å². The normalized spacial score (nSPS) is 10.6. The molecule has 2 aromatic carbocycles. The van der Waals surface area contributed by atoms with Crippen LogP contribution >= 0.6 is 23.1 Å². The topological polar surface area (TPSA) is 60.5 Å². The van der Waals surface area contributed by atoms with Crippen LogP contribution in [0.2, 0.25) is 0 Å². The molecule has 0 aliphatic carbocycles. The monoisotopic (exact) mass is 428 g/mol. The van der Waals surface area contributed by atoms with Crippen LogP contribution in [0.5, 0.6) is 11.5 Å². The number of rotatable bonds is 9. The number of thiazole rings is 1. The number of anilines is 1. The van der Waals surface area contributed by atoms with Gasteiger partial charge >= 0.3 is 0 Å². The van der Waals surface area contributed by atoms with Crippen LogP contribution in [0.15, 0.2) is 47.8 Å². The summed E-state index contributed by atoms with van der Waals surface area (Å²) in [6, 6.07) is 13.7. The Bertz CT molecular complexity index is 955. The molecule has 0 spiro atoms. The first-order valence-electron chi connectivity index (χ1n) is 9.29. The number of carbonyl (C=O) groups is 1. The van der Waals surface area contributed by atoms with E-state index in [9.17, 15) is 4.79 Å². The van der Waals surface area contributed by atoms with Gasteiger partial charge in [-0.25, -0.2) is 4.98 Å². The van der Waals surface area contributed by atoms with Crippen LogP contribution in [0.3, 0.4) is 0 Å². The smallest absolute Gasteiger partial charge is 0.234 e. The van der Waals surface area contributed by atoms with Gasteiger partial charge in [-0.1, -0.05) is 6.07 Å². The summed E-state index contributed by atoms with van der Waals surface area (Å²) < 4.78 is 10.8. The number of carbonyl (C=O) groups excluding carboxylic acids is 1. The lowest BCUT2D eigenvalue weighted by Gasteiger charge is -2.10. The Balaban J connectivity index is 1.51. The quantitative estimate of drug-likeness (QED) is 0.495. The Labute approximate surface area is 179 Å². The number of hydrogen-bond donors (Lipinski definition) is 1. The number of ether oxygens (including phenoxy) is 2. The largest absolute Gasteiger partial charge is 0.495 e. The van der Waals surface area contributed by atoms with E-state index in [0.717, 1.165) is 27.6 Å². The van der Waals surface area contributed by atoms with Gasteiger partial charge in [-0.05, 0) is 55.8 Å². The Kier molecular flexibility index (Phi) is 7.55. The minimum Gasteiger partial charge on any atom is -0.495 e. The summed E-state index contributed by atoms with van der Waals surface area (Å²) in [5.74, 6) is 2.51. The molecule has 0 aliphatic heterocycles. The highest BCUT2D eigenvalue weighted by Crippen LogP contribution is 2.28. The fourth-order valence-electron chi connectivity index (χ4n) is 2.72. The fourth-order valence-corrected chi connectivity index (χ4v) is 4.37. The molecule has 0 atom stereocenters. The van der Waals surface area contributed by atoms with Gasteiger partial charge in [0, 0.05) is 16.7 Å². The third-order valence-electron chi connectivity index (χ3n) is 4.08. The van der Waals surface area contributed by atoms with Crippen LogP contribution in [-0.4, -0.2) is 30.4 Å². The van der Waals surface area contributed by atoms with Crippen LogP contribution in [0, 0.1) is 6.92 Å². The second-order valence-electron chi connectivity index (χ2n) is 6.35. The number of methoxy groups -OCH3 is 1. The van der Waals surface area contributed by atoms with Crippen molar-refractivity contribution in [2.45, 2.75) is 19.6 Å². The van der Waals surface area contributed by atoms with Crippen molar-refractivity contribution < 1.29 is 14.3 Å². The predicted molar refractivity (Wildman–Crippen MR) is 121 cm³/mol. The number of benzene rings is 2. The molecule has 0 radical (unpaired) electrons. The van der Waals surface area contributed by atoms with Crippen LogP contribution < -0.4 is 14.8 Å². The maximum atomic E-state index is 12.3. The molecule has 7 heteroatoms. The summed E-state index contributed by atoms with van der Waals surface area (Å²) >= 11 is 3.15. The highest BCUT2D eigenvalue weighted by molar-refractivity contribution is 7.99. The van der Waals surface area contributed by atoms with E-state index in [-0.39, 0.29) is 5.91 Å². The Hall–Kier alpha value is -2.51. The zero-order valence-electron chi connectivity index (χ0n) is 16.7. The van der Waals surface area contributed by atoms with Crippen molar-refractivity contribution in [1.29, 1.82) is 0 Å². The molecule has 5 nitrogen and oxygen atoms in total. The lowest BCUT2D eigenvalue weighted by Crippen LogP contribution is -2.15. The van der Waals surface area contributed by atoms with Crippen molar-refractivity contribution in [3.05, 3.63) is 59.1 Å². The first-order chi connectivity index (χ1) is 14.1. The molecule has 3 aromatic rings. The van der Waals surface area contributed by atoms with Gasteiger partial charge in [0.15, 0.2) is 0 Å². The van der Waals surface area contributed by atoms with Gasteiger partial charge in [0.1, 0.15) is 16.5 Å². The number of nitrogens with zero attached hydrogens (tertiary/aromatic N) is 1. The minimum atomic E-state index is -0.0548. The van der Waals surface area contributed by atoms with E-state index in [0.29, 0.717) is 29.5 Å². The Morgan fingerprint density at radius 2 is 2.00 bits per heavy atom. The number of hydrogen-bond acceptors (Lipinski definition) is 6. The Morgan fingerprint density at radius 3 is 2.72 bits per heavy atom. The first-order valence-corrected chi connectivity index (χ1v) is 11.3. The molecule has 1 aromatic heterocycles. The minimum absolute atomic E-state index is 0.0548. The van der Waals surface area contributed by atoms with Gasteiger partial charge in [-0.3, -0.25) is 4.79 Å². The third-order valence-corrected chi connectivity index (χ3v) is 5.98. The van der Waals surface area contributed by atoms with Crippen molar-refractivity contribution in [3.8, 4) is 22.1 Å². The highest BCUT2D eigenvalue weighted by atomic mass is 32.2. The van der Waals surface area contributed by atoms with Gasteiger partial charge in [0.25, 0.3) is 0 Å². The van der Waals surface area contributed by atoms with Gasteiger partial charge in [-0.2, -0.15) is 0 Å². The summed E-state index contributed by atoms with van der Waals surface area (Å²) in [7, 11) is 1.60. The van der Waals surface area contributed by atoms with Crippen molar-refractivity contribution in [3.63, 3.8) is 0 Å². The van der Waals surface area contributed by atoms with E-state index >= 15 is 0 Å². The number of amides is 1. The lowest BCUT2D eigenvalue weighted by atomic mass is 10.2. The molecule has 0 unspecified atom stereocenters. The molecule has 1 N–H and O–H groups in total. The SMILES string of the molecule is CCOc1ccc(-c2nc(CSCC(=O)Nc3cc(C)ccc3OC)cs2)cc1. The number of aromatic nitrogens is 1. The molecule has 1 heterocycles. The van der Waals surface area contributed by atoms with Gasteiger partial charge in [0.05, 0.1) is 30.9 Å². The average molecular weight is 429 g/mol. The summed E-state index contributed by atoms with van der Waals surface area (Å²) in [4.78, 5) is 17.0. The molecular weight excluding hydrogens is 404 g/mol. The summed E-state index contributed by atoms with van der Waals surface area (Å²) in [5.41, 5.74) is 3.81. The fraction of sp³-hybridized carbons (Fsp3) is 0.273. The number of thioether (sulfide) groups is 1. The standard InChI is InChI=1S/C22H24N2O3S2/c1-4-27-18-8-6-16(7-9-18)22-23-17(13-29-22)12-28-14-21(25)24-19-11-15(2)5-10-20(19)26-3/h5-11,13H,4,12,14H2,1-3H3,(H,24,25). The van der Waals surface area contributed by atoms with Crippen molar-refractivity contribution in [2.75, 3.05) is 24.8 Å². The molecule has 0 saturated carbocycles. The predicted octanol–water partition coefficient (Wildman–Crippen LogP) is 5.40. The lowest BCUT2D eigenvalue weighted by molar-refractivity contribution is -0.113. The molecule has 3 rings (SSSR count). The highest BCUT2D eigenvalue weighted by Gasteiger charge is 2.10. The van der Waals surface area contributed by atoms with Crippen molar-refractivity contribution in [1.82, 2.24) is 4.98 Å². The van der Waals surface area contributed by atoms with Crippen LogP contribution in [-0.2, 0) is 10.5 Å². The first kappa shape index (κ1) is 21.2. The molecule has 0 saturated heterocycles. The average Bonchev–Trinajstić information content (AvgIpc) is 3.18. The summed E-state index contributed by atoms with van der Waals surface area (Å²) in [6.45, 7) is 4.60. The van der Waals surface area contributed by atoms with E-state index < -0.39 is 0 Å². The Morgan fingerprint density at radius 1 is 1.21 bits per heavy atom. The van der Waals surface area contributed by atoms with E-state index in [1.807, 2.05) is 61.7 Å². The van der Waals surface area contributed by atoms with Gasteiger partial charge in [-0.15, -0.1) is 23.1 Å². The second kappa shape index (κ2) is 10.3. The second-order valence-corrected chi connectivity index (χ2v) is 8.19. The van der Waals surface area contributed by atoms with Crippen molar-refractivity contribution in [2.24, 2.45) is 0 Å². The van der Waals surface area contributed by atoms with Crippen LogP contribution in [0.25, 0.3) is 10.6 Å². The van der Waals surface area contributed by atoms with Gasteiger partial charge in [0.2, 0.25) is 5.91 Å². The van der Waals surface area contributed by atoms with Crippen LogP contribution in [0.1, 0.15) is 18.2 Å². The van der Waals surface area contributed by atoms with E-state index in [1.54, 1.807) is 30.2 Å². The summed E-state index contributed by atoms with van der Waals surface area (Å²) in [5, 5.41) is 5.93. The summed E-state index contributed by atoms with van der Waals surface area (Å²) in [6.07, 6.45) is 0. The zero-order valence-corrected chi connectivity index (χ0v) is 18.4. The molecule has 0 bridgehead atoms. The zero-order chi connectivity index (χ0) is 20.6. The van der Waals surface area contributed by atoms with Crippen LogP contribution in [0.4, 0.5) is 5.69 Å². The molecule has 1 amide bonds. The van der Waals surface area contributed by atoms with Crippen molar-refractivity contribution >= 4 is 34.7 Å². The number of aryl methyl sites for hydroxylation is 1. The third kappa shape index (κ3) is 5.98.